The molecule has 3 rings (SSSR count). The zero-order valence-corrected chi connectivity index (χ0v) is 24.4. The molecule has 1 saturated carbocycles. The number of hydrogen-bond acceptors (Lipinski definition) is 8. The first-order chi connectivity index (χ1) is 19.7. The van der Waals surface area contributed by atoms with E-state index in [1.807, 2.05) is 19.0 Å². The van der Waals surface area contributed by atoms with Crippen molar-refractivity contribution >= 4 is 29.3 Å². The van der Waals surface area contributed by atoms with Gasteiger partial charge in [-0.15, -0.1) is 0 Å². The average molecular weight is 566 g/mol. The second-order valence-electron chi connectivity index (χ2n) is 10.3. The van der Waals surface area contributed by atoms with Gasteiger partial charge in [-0.2, -0.15) is 4.98 Å². The van der Waals surface area contributed by atoms with Gasteiger partial charge in [0.15, 0.2) is 0 Å². The van der Waals surface area contributed by atoms with Gasteiger partial charge in [0.05, 0.1) is 11.8 Å². The minimum atomic E-state index is -0.583. The second-order valence-corrected chi connectivity index (χ2v) is 10.3. The van der Waals surface area contributed by atoms with Crippen LogP contribution in [0.4, 0.5) is 21.8 Å². The molecule has 41 heavy (non-hydrogen) atoms. The molecular weight excluding hydrogens is 525 g/mol. The molecule has 1 atom stereocenters. The fourth-order valence-corrected chi connectivity index (χ4v) is 3.99. The number of halogens is 1. The van der Waals surface area contributed by atoms with Gasteiger partial charge in [-0.25, -0.2) is 9.37 Å². The number of carbonyl (C=O) groups is 2. The van der Waals surface area contributed by atoms with Gasteiger partial charge >= 0.3 is 0 Å². The first-order valence-electron chi connectivity index (χ1n) is 13.7. The number of hydrogen-bond donors (Lipinski definition) is 3. The maximum Gasteiger partial charge on any atom is 0.246 e. The molecule has 10 nitrogen and oxygen atoms in total. The van der Waals surface area contributed by atoms with Crippen LogP contribution in [0.2, 0.25) is 0 Å². The number of aromatic nitrogens is 2. The highest BCUT2D eigenvalue weighted by Crippen LogP contribution is 2.27. The topological polar surface area (TPSA) is 112 Å². The molecule has 0 radical (unpaired) electrons. The van der Waals surface area contributed by atoms with Gasteiger partial charge in [-0.05, 0) is 58.5 Å². The molecule has 0 unspecified atom stereocenters. The molecule has 0 saturated heterocycles. The lowest BCUT2D eigenvalue weighted by atomic mass is 9.80. The van der Waals surface area contributed by atoms with Crippen LogP contribution in [0.15, 0.2) is 42.6 Å². The summed E-state index contributed by atoms with van der Waals surface area (Å²) in [6.07, 6.45) is 7.15. The largest absolute Gasteiger partial charge is 0.385 e. The van der Waals surface area contributed by atoms with E-state index in [1.165, 1.54) is 23.1 Å². The summed E-state index contributed by atoms with van der Waals surface area (Å²) in [5, 5.41) is 9.33. The Kier molecular flexibility index (Phi) is 12.1. The lowest BCUT2D eigenvalue weighted by Crippen LogP contribution is -2.51. The van der Waals surface area contributed by atoms with Gasteiger partial charge in [0.2, 0.25) is 17.8 Å². The molecule has 1 aromatic carbocycles. The maximum absolute atomic E-state index is 13.6. The van der Waals surface area contributed by atoms with Crippen LogP contribution in [0.3, 0.4) is 0 Å². The van der Waals surface area contributed by atoms with Crippen molar-refractivity contribution in [1.82, 2.24) is 25.1 Å². The minimum absolute atomic E-state index is 0.0118. The molecular formula is C30H40FN7O3. The monoisotopic (exact) mass is 565 g/mol. The van der Waals surface area contributed by atoms with Crippen molar-refractivity contribution in [3.8, 4) is 11.8 Å². The predicted octanol–water partition coefficient (Wildman–Crippen LogP) is 3.02. The van der Waals surface area contributed by atoms with Crippen molar-refractivity contribution in [1.29, 1.82) is 0 Å². The number of likely N-dealkylation sites (N-methyl/N-ethyl adjacent to an activating group) is 2. The standard InChI is InChI=1S/C30H40FN7O3/c1-21(38(4)27(39)11-7-15-37(2)3)29(40)34-26-17-22(18-26)12-13-23-20-33-30(35-25-10-6-9-24(31)19-25)36-28(23)32-14-8-16-41-5/h6-7,9-11,19-22,26H,8,14-18H2,1-5H3,(H,34,40)(H2,32,33,35,36)/b11-7+/t21-,22?,26?/m0/s1. The van der Waals surface area contributed by atoms with Crippen molar-refractivity contribution in [2.75, 3.05) is 58.6 Å². The number of nitrogens with zero attached hydrogens (tertiary/aromatic N) is 4. The van der Waals surface area contributed by atoms with Crippen LogP contribution in [0.1, 0.15) is 31.7 Å². The van der Waals surface area contributed by atoms with Crippen molar-refractivity contribution < 1.29 is 18.7 Å². The molecule has 1 fully saturated rings. The fourth-order valence-electron chi connectivity index (χ4n) is 3.99. The van der Waals surface area contributed by atoms with E-state index in [0.717, 1.165) is 19.3 Å². The van der Waals surface area contributed by atoms with Crippen LogP contribution >= 0.6 is 0 Å². The molecule has 220 valence electrons. The summed E-state index contributed by atoms with van der Waals surface area (Å²) in [4.78, 5) is 37.3. The Labute approximate surface area is 241 Å². The van der Waals surface area contributed by atoms with Gasteiger partial charge in [0, 0.05) is 57.6 Å². The Hall–Kier alpha value is -4.01. The molecule has 1 heterocycles. The quantitative estimate of drug-likeness (QED) is 0.193. The summed E-state index contributed by atoms with van der Waals surface area (Å²) in [6, 6.07) is 5.51. The highest BCUT2D eigenvalue weighted by atomic mass is 19.1. The molecule has 1 aliphatic carbocycles. The van der Waals surface area contributed by atoms with E-state index < -0.39 is 6.04 Å². The number of benzene rings is 1. The summed E-state index contributed by atoms with van der Waals surface area (Å²) >= 11 is 0. The lowest BCUT2D eigenvalue weighted by Gasteiger charge is -2.34. The Bertz CT molecular complexity index is 1270. The van der Waals surface area contributed by atoms with E-state index in [0.29, 0.717) is 42.7 Å². The van der Waals surface area contributed by atoms with E-state index >= 15 is 0 Å². The van der Waals surface area contributed by atoms with E-state index in [9.17, 15) is 14.0 Å². The van der Waals surface area contributed by atoms with Crippen LogP contribution in [0, 0.1) is 23.6 Å². The average Bonchev–Trinajstić information content (AvgIpc) is 2.91. The second kappa shape index (κ2) is 15.7. The predicted molar refractivity (Wildman–Crippen MR) is 158 cm³/mol. The number of rotatable bonds is 13. The smallest absolute Gasteiger partial charge is 0.246 e. The van der Waals surface area contributed by atoms with Crippen LogP contribution < -0.4 is 16.0 Å². The summed E-state index contributed by atoms with van der Waals surface area (Å²) in [5.41, 5.74) is 1.19. The Balaban J connectivity index is 1.56. The first-order valence-corrected chi connectivity index (χ1v) is 13.7. The third kappa shape index (κ3) is 10.2. The molecule has 1 aliphatic rings. The third-order valence-electron chi connectivity index (χ3n) is 6.62. The van der Waals surface area contributed by atoms with Gasteiger partial charge < -0.3 is 30.5 Å². The summed E-state index contributed by atoms with van der Waals surface area (Å²) in [6.45, 7) is 3.62. The van der Waals surface area contributed by atoms with Crippen molar-refractivity contribution in [3.05, 3.63) is 54.0 Å². The highest BCUT2D eigenvalue weighted by Gasteiger charge is 2.31. The Morgan fingerprint density at radius 1 is 1.27 bits per heavy atom. The van der Waals surface area contributed by atoms with Crippen LogP contribution in [0.25, 0.3) is 0 Å². The number of ether oxygens (including phenoxy) is 1. The van der Waals surface area contributed by atoms with E-state index in [1.54, 1.807) is 45.5 Å². The third-order valence-corrected chi connectivity index (χ3v) is 6.62. The molecule has 11 heteroatoms. The molecule has 2 amide bonds. The first kappa shape index (κ1) is 31.5. The van der Waals surface area contributed by atoms with Gasteiger partial charge in [-0.3, -0.25) is 9.59 Å². The van der Waals surface area contributed by atoms with Crippen LogP contribution in [-0.4, -0.2) is 91.6 Å². The molecule has 3 N–H and O–H groups in total. The fraction of sp³-hybridized carbons (Fsp3) is 0.467. The van der Waals surface area contributed by atoms with Crippen molar-refractivity contribution in [2.24, 2.45) is 5.92 Å². The minimum Gasteiger partial charge on any atom is -0.385 e. The zero-order valence-electron chi connectivity index (χ0n) is 24.4. The zero-order chi connectivity index (χ0) is 29.8. The summed E-state index contributed by atoms with van der Waals surface area (Å²) in [5.74, 6) is 6.72. The molecule has 0 spiro atoms. The lowest BCUT2D eigenvalue weighted by molar-refractivity contribution is -0.135. The van der Waals surface area contributed by atoms with E-state index in [-0.39, 0.29) is 29.6 Å². The van der Waals surface area contributed by atoms with Crippen molar-refractivity contribution in [3.63, 3.8) is 0 Å². The molecule has 0 bridgehead atoms. The van der Waals surface area contributed by atoms with Crippen molar-refractivity contribution in [2.45, 2.75) is 38.3 Å². The number of carbonyl (C=O) groups excluding carboxylic acids is 2. The maximum atomic E-state index is 13.6. The summed E-state index contributed by atoms with van der Waals surface area (Å²) < 4.78 is 18.7. The van der Waals surface area contributed by atoms with Gasteiger partial charge in [-0.1, -0.05) is 24.0 Å². The van der Waals surface area contributed by atoms with Crippen LogP contribution in [0.5, 0.6) is 0 Å². The van der Waals surface area contributed by atoms with Gasteiger partial charge in [0.1, 0.15) is 17.7 Å². The van der Waals surface area contributed by atoms with E-state index in [2.05, 4.69) is 37.8 Å². The molecule has 0 aliphatic heterocycles. The number of methoxy groups -OCH3 is 1. The molecule has 1 aromatic heterocycles. The Morgan fingerprint density at radius 3 is 2.76 bits per heavy atom. The summed E-state index contributed by atoms with van der Waals surface area (Å²) in [7, 11) is 7.12. The number of nitrogens with one attached hydrogen (secondary N) is 3. The number of anilines is 3. The highest BCUT2D eigenvalue weighted by molar-refractivity contribution is 5.92. The SMILES string of the molecule is COCCCNc1nc(Nc2cccc(F)c2)ncc1C#CC1CC(NC(=O)[C@H](C)N(C)C(=O)/C=C/CN(C)C)C1. The van der Waals surface area contributed by atoms with Crippen LogP contribution in [-0.2, 0) is 14.3 Å². The van der Waals surface area contributed by atoms with E-state index in [4.69, 9.17) is 4.74 Å². The normalized spacial score (nSPS) is 16.9. The van der Waals surface area contributed by atoms with Gasteiger partial charge in [0.25, 0.3) is 0 Å². The Morgan fingerprint density at radius 2 is 2.05 bits per heavy atom. The number of amides is 2. The molecule has 2 aromatic rings.